The lowest BCUT2D eigenvalue weighted by Gasteiger charge is -2.22. The minimum atomic E-state index is -0.683. The molecule has 0 saturated heterocycles. The van der Waals surface area contributed by atoms with Crippen LogP contribution in [0.15, 0.2) is 36.7 Å². The summed E-state index contributed by atoms with van der Waals surface area (Å²) in [5.74, 6) is -0.118. The van der Waals surface area contributed by atoms with Crippen LogP contribution in [-0.2, 0) is 18.4 Å². The van der Waals surface area contributed by atoms with E-state index < -0.39 is 12.1 Å². The van der Waals surface area contributed by atoms with Gasteiger partial charge in [0.15, 0.2) is 0 Å². The van der Waals surface area contributed by atoms with Crippen LogP contribution in [0.1, 0.15) is 23.6 Å². The van der Waals surface area contributed by atoms with Gasteiger partial charge in [-0.15, -0.1) is 0 Å². The lowest BCUT2D eigenvalue weighted by molar-refractivity contribution is -0.130. The van der Waals surface area contributed by atoms with E-state index in [0.717, 1.165) is 11.1 Å². The summed E-state index contributed by atoms with van der Waals surface area (Å²) in [6.45, 7) is 0.441. The van der Waals surface area contributed by atoms with E-state index in [0.29, 0.717) is 11.6 Å². The Hall–Kier alpha value is -2.54. The molecule has 1 aromatic carbocycles. The third-order valence-electron chi connectivity index (χ3n) is 3.57. The summed E-state index contributed by atoms with van der Waals surface area (Å²) in [6.07, 6.45) is 3.66. The van der Waals surface area contributed by atoms with Gasteiger partial charge in [0, 0.05) is 37.4 Å². The summed E-state index contributed by atoms with van der Waals surface area (Å²) in [7, 11) is 3.52. The van der Waals surface area contributed by atoms with Crippen LogP contribution >= 0.6 is 11.6 Å². The molecule has 0 fully saturated rings. The Morgan fingerprint density at radius 2 is 2.04 bits per heavy atom. The van der Waals surface area contributed by atoms with Crippen molar-refractivity contribution in [2.24, 2.45) is 12.8 Å². The van der Waals surface area contributed by atoms with Crippen molar-refractivity contribution in [1.82, 2.24) is 20.0 Å². The molecule has 7 nitrogen and oxygen atoms in total. The number of nitrogens with zero attached hydrogens (tertiary/aromatic N) is 3. The number of carbonyl (C=O) groups is 2. The van der Waals surface area contributed by atoms with Crippen molar-refractivity contribution < 1.29 is 9.59 Å². The van der Waals surface area contributed by atoms with Crippen molar-refractivity contribution in [2.75, 3.05) is 7.05 Å². The molecular weight excluding hydrogens is 330 g/mol. The average molecular weight is 350 g/mol. The van der Waals surface area contributed by atoms with Crippen LogP contribution in [0.4, 0.5) is 4.79 Å². The van der Waals surface area contributed by atoms with Crippen molar-refractivity contribution in [3.05, 3.63) is 52.8 Å². The number of hydrogen-bond donors (Lipinski definition) is 2. The maximum Gasteiger partial charge on any atom is 0.312 e. The number of urea groups is 1. The van der Waals surface area contributed by atoms with E-state index in [2.05, 4.69) is 10.4 Å². The Labute approximate surface area is 145 Å². The van der Waals surface area contributed by atoms with Crippen LogP contribution in [0.3, 0.4) is 0 Å². The summed E-state index contributed by atoms with van der Waals surface area (Å²) in [5.41, 5.74) is 6.92. The highest BCUT2D eigenvalue weighted by atomic mass is 35.5. The van der Waals surface area contributed by atoms with Gasteiger partial charge in [0.1, 0.15) is 0 Å². The van der Waals surface area contributed by atoms with Crippen LogP contribution in [-0.4, -0.2) is 33.7 Å². The monoisotopic (exact) mass is 349 g/mol. The van der Waals surface area contributed by atoms with Crippen molar-refractivity contribution >= 4 is 23.5 Å². The average Bonchev–Trinajstić information content (AvgIpc) is 2.92. The summed E-state index contributed by atoms with van der Waals surface area (Å²) in [4.78, 5) is 25.3. The van der Waals surface area contributed by atoms with Crippen LogP contribution in [0.2, 0.25) is 5.02 Å². The highest BCUT2D eigenvalue weighted by Crippen LogP contribution is 2.20. The summed E-state index contributed by atoms with van der Waals surface area (Å²) in [6, 6.07) is 5.74. The normalized spacial score (nSPS) is 11.8. The van der Waals surface area contributed by atoms with Crippen LogP contribution in [0.5, 0.6) is 0 Å². The first-order valence-electron chi connectivity index (χ1n) is 7.38. The van der Waals surface area contributed by atoms with E-state index in [9.17, 15) is 9.59 Å². The molecule has 3 N–H and O–H groups in total. The molecule has 0 aliphatic heterocycles. The maximum absolute atomic E-state index is 12.5. The van der Waals surface area contributed by atoms with Gasteiger partial charge in [-0.05, 0) is 17.7 Å². The number of halogens is 1. The number of amides is 3. The molecule has 0 spiro atoms. The van der Waals surface area contributed by atoms with E-state index >= 15 is 0 Å². The minimum absolute atomic E-state index is 0.0985. The van der Waals surface area contributed by atoms with Crippen molar-refractivity contribution in [3.63, 3.8) is 0 Å². The van der Waals surface area contributed by atoms with Gasteiger partial charge >= 0.3 is 6.03 Å². The van der Waals surface area contributed by atoms with E-state index in [1.165, 1.54) is 0 Å². The topological polar surface area (TPSA) is 93.2 Å². The van der Waals surface area contributed by atoms with Crippen LogP contribution < -0.4 is 11.1 Å². The molecule has 3 amide bonds. The summed E-state index contributed by atoms with van der Waals surface area (Å²) < 4.78 is 1.68. The molecule has 1 heterocycles. The zero-order chi connectivity index (χ0) is 17.7. The van der Waals surface area contributed by atoms with Gasteiger partial charge in [0.2, 0.25) is 5.91 Å². The summed E-state index contributed by atoms with van der Waals surface area (Å²) in [5, 5.41) is 7.26. The Balaban J connectivity index is 2.05. The van der Waals surface area contributed by atoms with Gasteiger partial charge < -0.3 is 16.0 Å². The number of primary amides is 1. The molecule has 0 saturated carbocycles. The molecule has 1 aromatic heterocycles. The molecule has 8 heteroatoms. The van der Waals surface area contributed by atoms with E-state index in [1.54, 1.807) is 47.1 Å². The molecule has 128 valence electrons. The number of nitrogens with one attached hydrogen (secondary N) is 1. The number of nitrogens with two attached hydrogens (primary N) is 1. The fraction of sp³-hybridized carbons (Fsp3) is 0.312. The predicted molar refractivity (Wildman–Crippen MR) is 91.2 cm³/mol. The number of hydrogen-bond acceptors (Lipinski definition) is 3. The second-order valence-corrected chi connectivity index (χ2v) is 6.03. The van der Waals surface area contributed by atoms with Crippen molar-refractivity contribution in [1.29, 1.82) is 0 Å². The fourth-order valence-corrected chi connectivity index (χ4v) is 2.49. The van der Waals surface area contributed by atoms with Gasteiger partial charge in [0.25, 0.3) is 0 Å². The zero-order valence-electron chi connectivity index (χ0n) is 13.6. The molecular formula is C16H20ClN5O2. The third kappa shape index (κ3) is 4.99. The van der Waals surface area contributed by atoms with Gasteiger partial charge in [-0.1, -0.05) is 23.7 Å². The van der Waals surface area contributed by atoms with Crippen LogP contribution in [0, 0.1) is 0 Å². The Morgan fingerprint density at radius 1 is 1.38 bits per heavy atom. The number of aromatic nitrogens is 2. The SMILES string of the molecule is CN(Cc1cnn(C)c1)C(=O)CC(NC(N)=O)c1ccc(Cl)cc1. The first-order chi connectivity index (χ1) is 11.3. The number of aryl methyl sites for hydroxylation is 1. The quantitative estimate of drug-likeness (QED) is 0.833. The van der Waals surface area contributed by atoms with Crippen molar-refractivity contribution in [3.8, 4) is 0 Å². The number of carbonyl (C=O) groups excluding carboxylic acids is 2. The number of benzene rings is 1. The van der Waals surface area contributed by atoms with Gasteiger partial charge in [-0.2, -0.15) is 5.10 Å². The molecule has 1 unspecified atom stereocenters. The molecule has 0 radical (unpaired) electrons. The van der Waals surface area contributed by atoms with Gasteiger partial charge in [-0.25, -0.2) is 4.79 Å². The first kappa shape index (κ1) is 17.8. The zero-order valence-corrected chi connectivity index (χ0v) is 14.3. The second-order valence-electron chi connectivity index (χ2n) is 5.59. The largest absolute Gasteiger partial charge is 0.352 e. The minimum Gasteiger partial charge on any atom is -0.352 e. The lowest BCUT2D eigenvalue weighted by atomic mass is 10.0. The first-order valence-corrected chi connectivity index (χ1v) is 7.76. The highest BCUT2D eigenvalue weighted by Gasteiger charge is 2.20. The smallest absolute Gasteiger partial charge is 0.312 e. The molecule has 0 aliphatic rings. The highest BCUT2D eigenvalue weighted by molar-refractivity contribution is 6.30. The van der Waals surface area contributed by atoms with E-state index in [1.807, 2.05) is 13.2 Å². The molecule has 0 aliphatic carbocycles. The van der Waals surface area contributed by atoms with E-state index in [4.69, 9.17) is 17.3 Å². The fourth-order valence-electron chi connectivity index (χ4n) is 2.37. The van der Waals surface area contributed by atoms with Gasteiger partial charge in [-0.3, -0.25) is 9.48 Å². The molecule has 1 atom stereocenters. The second kappa shape index (κ2) is 7.83. The Morgan fingerprint density at radius 3 is 2.58 bits per heavy atom. The standard InChI is InChI=1S/C16H20ClN5O2/c1-21(9-11-8-19-22(2)10-11)15(23)7-14(20-16(18)24)12-3-5-13(17)6-4-12/h3-6,8,10,14H,7,9H2,1-2H3,(H3,18,20,24). The predicted octanol–water partition coefficient (Wildman–Crippen LogP) is 1.83. The number of rotatable bonds is 6. The third-order valence-corrected chi connectivity index (χ3v) is 3.82. The van der Waals surface area contributed by atoms with E-state index in [-0.39, 0.29) is 12.3 Å². The molecule has 2 rings (SSSR count). The Bertz CT molecular complexity index is 714. The molecule has 2 aromatic rings. The maximum atomic E-state index is 12.5. The molecule has 24 heavy (non-hydrogen) atoms. The molecule has 0 bridgehead atoms. The van der Waals surface area contributed by atoms with Crippen LogP contribution in [0.25, 0.3) is 0 Å². The van der Waals surface area contributed by atoms with Crippen molar-refractivity contribution in [2.45, 2.75) is 19.0 Å². The lowest BCUT2D eigenvalue weighted by Crippen LogP contribution is -2.37. The van der Waals surface area contributed by atoms with Gasteiger partial charge in [0.05, 0.1) is 18.7 Å². The summed E-state index contributed by atoms with van der Waals surface area (Å²) >= 11 is 5.88. The Kier molecular flexibility index (Phi) is 5.81.